The van der Waals surface area contributed by atoms with E-state index in [9.17, 15) is 9.18 Å². The van der Waals surface area contributed by atoms with Crippen LogP contribution in [0, 0.1) is 24.7 Å². The number of hydrogen-bond acceptors (Lipinski definition) is 3. The fourth-order valence-electron chi connectivity index (χ4n) is 2.52. The highest BCUT2D eigenvalue weighted by atomic mass is 127. The summed E-state index contributed by atoms with van der Waals surface area (Å²) in [5, 5.41) is 6.81. The molecule has 0 radical (unpaired) electrons. The summed E-state index contributed by atoms with van der Waals surface area (Å²) in [5.41, 5.74) is 2.85. The van der Waals surface area contributed by atoms with E-state index in [4.69, 9.17) is 0 Å². The standard InChI is InChI=1S/C20H18FIN4O/c1-14-4-6-17(9-16(14)7-5-15-3-2-8-23-10-15)20(27)25-18-11-24-26(12-18)13-19(21)22/h2,4,6,8-12,15,19H,3,13H2,1H3,(H,25,27)/t15-,19?/m1/s1. The maximum Gasteiger partial charge on any atom is 0.255 e. The van der Waals surface area contributed by atoms with E-state index in [-0.39, 0.29) is 18.4 Å². The minimum atomic E-state index is -1.03. The molecule has 1 amide bonds. The molecular weight excluding hydrogens is 458 g/mol. The minimum Gasteiger partial charge on any atom is -0.319 e. The predicted molar refractivity (Wildman–Crippen MR) is 113 cm³/mol. The summed E-state index contributed by atoms with van der Waals surface area (Å²) in [7, 11) is 0. The zero-order valence-electron chi connectivity index (χ0n) is 14.7. The van der Waals surface area contributed by atoms with Crippen LogP contribution in [0.25, 0.3) is 0 Å². The zero-order valence-corrected chi connectivity index (χ0v) is 16.9. The van der Waals surface area contributed by atoms with Gasteiger partial charge in [0.05, 0.1) is 24.3 Å². The summed E-state index contributed by atoms with van der Waals surface area (Å²) in [6.07, 6.45) is 9.53. The van der Waals surface area contributed by atoms with Crippen molar-refractivity contribution in [3.05, 3.63) is 59.6 Å². The number of carbonyl (C=O) groups excluding carboxylic acids is 1. The Hall–Kier alpha value is -2.47. The van der Waals surface area contributed by atoms with E-state index in [0.29, 0.717) is 11.3 Å². The molecule has 0 aliphatic carbocycles. The number of carbonyl (C=O) groups is 1. The second-order valence-electron chi connectivity index (χ2n) is 6.12. The van der Waals surface area contributed by atoms with Gasteiger partial charge in [0.25, 0.3) is 5.91 Å². The number of rotatable bonds is 4. The van der Waals surface area contributed by atoms with Crippen molar-refractivity contribution in [3.8, 4) is 11.8 Å². The molecule has 0 fully saturated rings. The van der Waals surface area contributed by atoms with Gasteiger partial charge in [-0.2, -0.15) is 5.10 Å². The first-order valence-electron chi connectivity index (χ1n) is 8.44. The van der Waals surface area contributed by atoms with Gasteiger partial charge in [-0.1, -0.05) is 24.0 Å². The van der Waals surface area contributed by atoms with Gasteiger partial charge in [0.1, 0.15) is 0 Å². The van der Waals surface area contributed by atoms with Gasteiger partial charge in [-0.3, -0.25) is 14.5 Å². The largest absolute Gasteiger partial charge is 0.319 e. The Morgan fingerprint density at radius 2 is 2.37 bits per heavy atom. The molecule has 1 aliphatic rings. The van der Waals surface area contributed by atoms with Crippen LogP contribution in [-0.2, 0) is 6.54 Å². The number of alkyl halides is 2. The zero-order chi connectivity index (χ0) is 19.2. The number of amides is 1. The molecule has 0 saturated heterocycles. The van der Waals surface area contributed by atoms with Gasteiger partial charge in [-0.15, -0.1) is 0 Å². The molecule has 138 valence electrons. The summed E-state index contributed by atoms with van der Waals surface area (Å²) in [4.78, 5) is 16.6. The normalized spacial score (nSPS) is 16.5. The number of hydrogen-bond donors (Lipinski definition) is 1. The molecule has 0 spiro atoms. The molecule has 5 nitrogen and oxygen atoms in total. The predicted octanol–water partition coefficient (Wildman–Crippen LogP) is 4.13. The quantitative estimate of drug-likeness (QED) is 0.410. The number of allylic oxidation sites excluding steroid dienone is 1. The lowest BCUT2D eigenvalue weighted by atomic mass is 10.0. The van der Waals surface area contributed by atoms with Crippen molar-refractivity contribution in [1.82, 2.24) is 9.78 Å². The molecule has 1 aromatic carbocycles. The van der Waals surface area contributed by atoms with Gasteiger partial charge < -0.3 is 5.32 Å². The fraction of sp³-hybridized carbons (Fsp3) is 0.250. The van der Waals surface area contributed by atoms with E-state index >= 15 is 0 Å². The molecule has 0 bridgehead atoms. The van der Waals surface area contributed by atoms with Crippen molar-refractivity contribution in [3.63, 3.8) is 0 Å². The third kappa shape index (κ3) is 5.50. The van der Waals surface area contributed by atoms with E-state index in [1.54, 1.807) is 47.1 Å². The molecular formula is C20H18FIN4O. The molecule has 0 saturated carbocycles. The van der Waals surface area contributed by atoms with E-state index in [2.05, 4.69) is 27.2 Å². The monoisotopic (exact) mass is 476 g/mol. The average Bonchev–Trinajstić information content (AvgIpc) is 3.07. The highest BCUT2D eigenvalue weighted by Crippen LogP contribution is 2.15. The first-order valence-corrected chi connectivity index (χ1v) is 9.68. The number of benzene rings is 1. The summed E-state index contributed by atoms with van der Waals surface area (Å²) in [6, 6.07) is 5.41. The molecule has 7 heteroatoms. The molecule has 27 heavy (non-hydrogen) atoms. The Labute approximate surface area is 170 Å². The fourth-order valence-corrected chi connectivity index (χ4v) is 2.92. The maximum absolute atomic E-state index is 13.0. The Kier molecular flexibility index (Phi) is 6.40. The number of nitrogens with one attached hydrogen (secondary N) is 1. The maximum atomic E-state index is 13.0. The van der Waals surface area contributed by atoms with Crippen LogP contribution in [0.2, 0.25) is 0 Å². The van der Waals surface area contributed by atoms with Gasteiger partial charge >= 0.3 is 0 Å². The van der Waals surface area contributed by atoms with Crippen molar-refractivity contribution >= 4 is 40.4 Å². The van der Waals surface area contributed by atoms with Gasteiger partial charge in [-0.25, -0.2) is 4.39 Å². The third-order valence-corrected chi connectivity index (χ3v) is 4.35. The van der Waals surface area contributed by atoms with E-state index in [1.807, 2.05) is 25.3 Å². The molecule has 1 unspecified atom stereocenters. The molecule has 1 aromatic heterocycles. The molecule has 2 atom stereocenters. The van der Waals surface area contributed by atoms with E-state index in [1.165, 1.54) is 10.9 Å². The van der Waals surface area contributed by atoms with Crippen LogP contribution < -0.4 is 5.32 Å². The summed E-state index contributed by atoms with van der Waals surface area (Å²) in [5.74, 6) is 6.17. The van der Waals surface area contributed by atoms with Gasteiger partial charge in [-0.05, 0) is 53.6 Å². The number of anilines is 1. The topological polar surface area (TPSA) is 59.3 Å². The minimum absolute atomic E-state index is 0.0926. The number of aliphatic imine (C=N–C) groups is 1. The number of nitrogens with zero attached hydrogens (tertiary/aromatic N) is 3. The van der Waals surface area contributed by atoms with Crippen molar-refractivity contribution in [1.29, 1.82) is 0 Å². The van der Waals surface area contributed by atoms with Gasteiger partial charge in [0, 0.05) is 29.7 Å². The Bertz CT molecular complexity index is 952. The van der Waals surface area contributed by atoms with Crippen LogP contribution in [0.3, 0.4) is 0 Å². The molecule has 1 N–H and O–H groups in total. The van der Waals surface area contributed by atoms with Gasteiger partial charge in [0.15, 0.2) is 4.18 Å². The van der Waals surface area contributed by atoms with E-state index < -0.39 is 4.18 Å². The lowest BCUT2D eigenvalue weighted by Gasteiger charge is -2.06. The van der Waals surface area contributed by atoms with Gasteiger partial charge in [0.2, 0.25) is 0 Å². The van der Waals surface area contributed by atoms with Crippen LogP contribution in [0.15, 0.2) is 47.9 Å². The lowest BCUT2D eigenvalue weighted by Crippen LogP contribution is -2.12. The molecule has 2 aromatic rings. The number of aryl methyl sites for hydroxylation is 1. The van der Waals surface area contributed by atoms with Crippen molar-refractivity contribution in [2.45, 2.75) is 24.1 Å². The third-order valence-electron chi connectivity index (χ3n) is 3.96. The molecule has 1 aliphatic heterocycles. The second-order valence-corrected chi connectivity index (χ2v) is 7.47. The van der Waals surface area contributed by atoms with Crippen LogP contribution >= 0.6 is 22.6 Å². The van der Waals surface area contributed by atoms with Crippen molar-refractivity contribution < 1.29 is 9.18 Å². The number of halogens is 2. The molecule has 2 heterocycles. The summed E-state index contributed by atoms with van der Waals surface area (Å²) in [6.45, 7) is 2.10. The Morgan fingerprint density at radius 3 is 3.11 bits per heavy atom. The van der Waals surface area contributed by atoms with Crippen molar-refractivity contribution in [2.75, 3.05) is 5.32 Å². The first kappa shape index (κ1) is 19.3. The van der Waals surface area contributed by atoms with Crippen LogP contribution in [-0.4, -0.2) is 26.1 Å². The highest BCUT2D eigenvalue weighted by molar-refractivity contribution is 14.1. The lowest BCUT2D eigenvalue weighted by molar-refractivity contribution is 0.102. The van der Waals surface area contributed by atoms with Crippen LogP contribution in [0.1, 0.15) is 27.9 Å². The smallest absolute Gasteiger partial charge is 0.255 e. The average molecular weight is 476 g/mol. The first-order chi connectivity index (χ1) is 13.0. The van der Waals surface area contributed by atoms with E-state index in [0.717, 1.165) is 17.5 Å². The van der Waals surface area contributed by atoms with Crippen LogP contribution in [0.4, 0.5) is 10.1 Å². The highest BCUT2D eigenvalue weighted by Gasteiger charge is 2.10. The second kappa shape index (κ2) is 8.95. The summed E-state index contributed by atoms with van der Waals surface area (Å²) < 4.78 is 13.5. The Morgan fingerprint density at radius 1 is 1.52 bits per heavy atom. The summed E-state index contributed by atoms with van der Waals surface area (Å²) >= 11 is 1.68. The number of aromatic nitrogens is 2. The SMILES string of the molecule is Cc1ccc(C(=O)Nc2cnn(CC(F)I)c2)cc1C#C[C@@H]1C=NC=CC1. The van der Waals surface area contributed by atoms with Crippen LogP contribution in [0.5, 0.6) is 0 Å². The Balaban J connectivity index is 1.72. The van der Waals surface area contributed by atoms with Crippen molar-refractivity contribution in [2.24, 2.45) is 10.9 Å². The molecule has 3 rings (SSSR count).